The van der Waals surface area contributed by atoms with Crippen molar-refractivity contribution in [1.29, 1.82) is 0 Å². The van der Waals surface area contributed by atoms with Crippen LogP contribution in [0.5, 0.6) is 5.75 Å². The highest BCUT2D eigenvalue weighted by molar-refractivity contribution is 6.30. The number of rotatable bonds is 5. The summed E-state index contributed by atoms with van der Waals surface area (Å²) in [4.78, 5) is 23.7. The van der Waals surface area contributed by atoms with Crippen molar-refractivity contribution in [3.8, 4) is 5.75 Å². The van der Waals surface area contributed by atoms with Crippen molar-refractivity contribution in [2.24, 2.45) is 0 Å². The van der Waals surface area contributed by atoms with Crippen molar-refractivity contribution in [2.75, 3.05) is 19.0 Å². The number of hydrogen-bond donors (Lipinski definition) is 1. The van der Waals surface area contributed by atoms with E-state index < -0.39 is 24.3 Å². The molecule has 0 unspecified atom stereocenters. The number of amides is 1. The monoisotopic (exact) mass is 351 g/mol. The van der Waals surface area contributed by atoms with Crippen LogP contribution in [-0.2, 0) is 9.53 Å². The average Bonchev–Trinajstić information content (AvgIpc) is 2.56. The summed E-state index contributed by atoms with van der Waals surface area (Å²) in [6, 6.07) is 8.54. The zero-order chi connectivity index (χ0) is 17.7. The SMILES string of the molecule is COc1cc(C(=O)OCC(=O)Nc2cc(Cl)ccc2F)ccc1C. The van der Waals surface area contributed by atoms with Crippen LogP contribution in [0.15, 0.2) is 36.4 Å². The van der Waals surface area contributed by atoms with Gasteiger partial charge in [0.25, 0.3) is 5.91 Å². The van der Waals surface area contributed by atoms with E-state index in [2.05, 4.69) is 5.32 Å². The topological polar surface area (TPSA) is 64.6 Å². The number of esters is 1. The zero-order valence-corrected chi connectivity index (χ0v) is 13.8. The van der Waals surface area contributed by atoms with Gasteiger partial charge in [-0.3, -0.25) is 4.79 Å². The molecule has 0 radical (unpaired) electrons. The highest BCUT2D eigenvalue weighted by atomic mass is 35.5. The number of anilines is 1. The minimum absolute atomic E-state index is 0.0828. The highest BCUT2D eigenvalue weighted by Gasteiger charge is 2.13. The van der Waals surface area contributed by atoms with Gasteiger partial charge in [-0.05, 0) is 42.8 Å². The molecule has 5 nitrogen and oxygen atoms in total. The largest absolute Gasteiger partial charge is 0.496 e. The first-order chi connectivity index (χ1) is 11.4. The number of carbonyl (C=O) groups is 2. The second-order valence-corrected chi connectivity index (χ2v) is 5.37. The summed E-state index contributed by atoms with van der Waals surface area (Å²) in [7, 11) is 1.49. The fourth-order valence-corrected chi connectivity index (χ4v) is 2.11. The van der Waals surface area contributed by atoms with Gasteiger partial charge in [0.15, 0.2) is 6.61 Å². The molecule has 0 saturated carbocycles. The minimum atomic E-state index is -0.685. The number of ether oxygens (including phenoxy) is 2. The molecule has 1 N–H and O–H groups in total. The van der Waals surface area contributed by atoms with E-state index >= 15 is 0 Å². The Morgan fingerprint density at radius 1 is 1.21 bits per heavy atom. The number of aryl methyl sites for hydroxylation is 1. The van der Waals surface area contributed by atoms with E-state index in [1.54, 1.807) is 12.1 Å². The first-order valence-corrected chi connectivity index (χ1v) is 7.35. The predicted octanol–water partition coefficient (Wildman–Crippen LogP) is 3.59. The van der Waals surface area contributed by atoms with Crippen LogP contribution in [0.25, 0.3) is 0 Å². The molecule has 2 aromatic carbocycles. The number of methoxy groups -OCH3 is 1. The van der Waals surface area contributed by atoms with Gasteiger partial charge >= 0.3 is 5.97 Å². The molecule has 24 heavy (non-hydrogen) atoms. The lowest BCUT2D eigenvalue weighted by Gasteiger charge is -2.09. The molecule has 0 aliphatic rings. The fraction of sp³-hybridized carbons (Fsp3) is 0.176. The van der Waals surface area contributed by atoms with Crippen LogP contribution in [0, 0.1) is 12.7 Å². The van der Waals surface area contributed by atoms with Crippen LogP contribution >= 0.6 is 11.6 Å². The third kappa shape index (κ3) is 4.45. The van der Waals surface area contributed by atoms with Gasteiger partial charge in [0.05, 0.1) is 18.4 Å². The maximum Gasteiger partial charge on any atom is 0.338 e. The number of carbonyl (C=O) groups excluding carboxylic acids is 2. The van der Waals surface area contributed by atoms with Crippen LogP contribution in [0.3, 0.4) is 0 Å². The summed E-state index contributed by atoms with van der Waals surface area (Å²) in [5.74, 6) is -1.46. The first kappa shape index (κ1) is 17.7. The van der Waals surface area contributed by atoms with E-state index in [9.17, 15) is 14.0 Å². The number of nitrogens with one attached hydrogen (secondary N) is 1. The van der Waals surface area contributed by atoms with Gasteiger partial charge in [0.2, 0.25) is 0 Å². The third-order valence-electron chi connectivity index (χ3n) is 3.18. The van der Waals surface area contributed by atoms with Gasteiger partial charge in [-0.2, -0.15) is 0 Å². The van der Waals surface area contributed by atoms with E-state index in [1.165, 1.54) is 25.3 Å². The molecule has 0 atom stereocenters. The molecule has 0 aromatic heterocycles. The van der Waals surface area contributed by atoms with Crippen LogP contribution < -0.4 is 10.1 Å². The predicted molar refractivity (Wildman–Crippen MR) is 88.1 cm³/mol. The quantitative estimate of drug-likeness (QED) is 0.836. The van der Waals surface area contributed by atoms with Crippen LogP contribution in [0.1, 0.15) is 15.9 Å². The molecule has 2 rings (SSSR count). The molecule has 0 spiro atoms. The molecular weight excluding hydrogens is 337 g/mol. The molecule has 0 heterocycles. The molecule has 0 aliphatic heterocycles. The number of benzene rings is 2. The maximum absolute atomic E-state index is 13.5. The second kappa shape index (κ2) is 7.79. The molecule has 0 saturated heterocycles. The molecule has 0 fully saturated rings. The summed E-state index contributed by atoms with van der Waals surface area (Å²) in [5, 5.41) is 2.56. The summed E-state index contributed by atoms with van der Waals surface area (Å²) in [5.41, 5.74) is 1.03. The Labute approximate surface area is 143 Å². The Hall–Kier alpha value is -2.60. The van der Waals surface area contributed by atoms with Crippen molar-refractivity contribution < 1.29 is 23.5 Å². The number of hydrogen-bond acceptors (Lipinski definition) is 4. The minimum Gasteiger partial charge on any atom is -0.496 e. The summed E-state index contributed by atoms with van der Waals surface area (Å²) >= 11 is 5.73. The van der Waals surface area contributed by atoms with Crippen LogP contribution in [-0.4, -0.2) is 25.6 Å². The van der Waals surface area contributed by atoms with Gasteiger partial charge in [-0.25, -0.2) is 9.18 Å². The average molecular weight is 352 g/mol. The van der Waals surface area contributed by atoms with E-state index in [-0.39, 0.29) is 16.3 Å². The fourth-order valence-electron chi connectivity index (χ4n) is 1.94. The van der Waals surface area contributed by atoms with Crippen molar-refractivity contribution in [3.05, 3.63) is 58.4 Å². The lowest BCUT2D eigenvalue weighted by atomic mass is 10.1. The molecule has 126 valence electrons. The maximum atomic E-state index is 13.5. The highest BCUT2D eigenvalue weighted by Crippen LogP contribution is 2.20. The molecule has 2 aromatic rings. The van der Waals surface area contributed by atoms with Gasteiger partial charge < -0.3 is 14.8 Å². The third-order valence-corrected chi connectivity index (χ3v) is 3.42. The lowest BCUT2D eigenvalue weighted by Crippen LogP contribution is -2.21. The summed E-state index contributed by atoms with van der Waals surface area (Å²) in [6.45, 7) is 1.28. The first-order valence-electron chi connectivity index (χ1n) is 6.97. The van der Waals surface area contributed by atoms with Crippen molar-refractivity contribution in [1.82, 2.24) is 0 Å². The Morgan fingerprint density at radius 3 is 2.67 bits per heavy atom. The smallest absolute Gasteiger partial charge is 0.338 e. The Bertz CT molecular complexity index is 779. The van der Waals surface area contributed by atoms with Crippen LogP contribution in [0.2, 0.25) is 5.02 Å². The van der Waals surface area contributed by atoms with Crippen molar-refractivity contribution in [2.45, 2.75) is 6.92 Å². The van der Waals surface area contributed by atoms with E-state index in [4.69, 9.17) is 21.1 Å². The molecule has 7 heteroatoms. The molecular formula is C17H15ClFNO4. The van der Waals surface area contributed by atoms with E-state index in [1.807, 2.05) is 6.92 Å². The van der Waals surface area contributed by atoms with Gasteiger partial charge in [-0.1, -0.05) is 17.7 Å². The normalized spacial score (nSPS) is 10.2. The standard InChI is InChI=1S/C17H15ClFNO4/c1-10-3-4-11(7-15(10)23-2)17(22)24-9-16(21)20-14-8-12(18)5-6-13(14)19/h3-8H,9H2,1-2H3,(H,20,21). The summed E-state index contributed by atoms with van der Waals surface area (Å²) < 4.78 is 23.6. The molecule has 1 amide bonds. The van der Waals surface area contributed by atoms with Crippen molar-refractivity contribution >= 4 is 29.2 Å². The van der Waals surface area contributed by atoms with Crippen LogP contribution in [0.4, 0.5) is 10.1 Å². The van der Waals surface area contributed by atoms with Gasteiger partial charge in [0, 0.05) is 5.02 Å². The van der Waals surface area contributed by atoms with Gasteiger partial charge in [0.1, 0.15) is 11.6 Å². The lowest BCUT2D eigenvalue weighted by molar-refractivity contribution is -0.119. The number of halogens is 2. The molecule has 0 aliphatic carbocycles. The van der Waals surface area contributed by atoms with E-state index in [0.29, 0.717) is 5.75 Å². The Kier molecular flexibility index (Phi) is 5.76. The second-order valence-electron chi connectivity index (χ2n) is 4.93. The Balaban J connectivity index is 1.96. The zero-order valence-electron chi connectivity index (χ0n) is 13.1. The summed E-state index contributed by atoms with van der Waals surface area (Å²) in [6.07, 6.45) is 0. The Morgan fingerprint density at radius 2 is 1.96 bits per heavy atom. The van der Waals surface area contributed by atoms with E-state index in [0.717, 1.165) is 11.6 Å². The van der Waals surface area contributed by atoms with Gasteiger partial charge in [-0.15, -0.1) is 0 Å². The molecule has 0 bridgehead atoms. The van der Waals surface area contributed by atoms with Crippen molar-refractivity contribution in [3.63, 3.8) is 0 Å².